The lowest BCUT2D eigenvalue weighted by atomic mass is 10.2. The summed E-state index contributed by atoms with van der Waals surface area (Å²) in [5, 5.41) is 7.52. The predicted octanol–water partition coefficient (Wildman–Crippen LogP) is -0.411. The standard InChI is InChI=1S/C14H23N4O4PS/c1-9(24)21-11-5-13(22-12(11)7-23-20)18(8-19)6-10(14(16)17)3-2-4-15/h6,8-9,11-13,20,23-24H,4-5,7,15H2,1H3,(H3,16,17)/b10-6-/t9-,11?,12?,13+/m0/s1. The maximum absolute atomic E-state index is 11.4. The van der Waals surface area contributed by atoms with E-state index in [4.69, 9.17) is 26.4 Å². The van der Waals surface area contributed by atoms with Gasteiger partial charge in [-0.1, -0.05) is 11.8 Å². The number of carbonyl (C=O) groups excluding carboxylic acids is 1. The monoisotopic (exact) mass is 374 g/mol. The van der Waals surface area contributed by atoms with Crippen LogP contribution in [0.5, 0.6) is 0 Å². The fraction of sp³-hybridized carbons (Fsp3) is 0.571. The third kappa shape index (κ3) is 6.40. The average molecular weight is 374 g/mol. The van der Waals surface area contributed by atoms with Gasteiger partial charge in [0.25, 0.3) is 0 Å². The topological polar surface area (TPSA) is 135 Å². The number of rotatable bonds is 8. The number of hydrogen-bond donors (Lipinski definition) is 5. The summed E-state index contributed by atoms with van der Waals surface area (Å²) >= 11 is 4.20. The summed E-state index contributed by atoms with van der Waals surface area (Å²) in [5.41, 5.74) is 10.7. The van der Waals surface area contributed by atoms with Gasteiger partial charge in [0.2, 0.25) is 6.41 Å². The first-order chi connectivity index (χ1) is 11.4. The first-order valence-corrected chi connectivity index (χ1v) is 8.93. The van der Waals surface area contributed by atoms with Crippen molar-refractivity contribution in [3.8, 4) is 11.8 Å². The Morgan fingerprint density at radius 2 is 2.42 bits per heavy atom. The van der Waals surface area contributed by atoms with Crippen LogP contribution in [0.25, 0.3) is 0 Å². The van der Waals surface area contributed by atoms with Gasteiger partial charge in [0, 0.05) is 27.6 Å². The molecule has 10 heteroatoms. The number of amidine groups is 1. The Kier molecular flexibility index (Phi) is 9.29. The third-order valence-corrected chi connectivity index (χ3v) is 3.90. The van der Waals surface area contributed by atoms with Gasteiger partial charge < -0.3 is 25.8 Å². The normalized spacial score (nSPS) is 25.3. The molecule has 1 amide bonds. The highest BCUT2D eigenvalue weighted by molar-refractivity contribution is 7.80. The molecule has 1 aliphatic heterocycles. The molecule has 0 radical (unpaired) electrons. The zero-order chi connectivity index (χ0) is 18.1. The van der Waals surface area contributed by atoms with Crippen molar-refractivity contribution in [2.75, 3.05) is 12.7 Å². The van der Waals surface area contributed by atoms with Gasteiger partial charge in [-0.3, -0.25) is 15.1 Å². The van der Waals surface area contributed by atoms with E-state index in [0.717, 1.165) is 0 Å². The molecule has 1 saturated heterocycles. The number of nitrogens with one attached hydrogen (secondary N) is 1. The molecule has 0 aromatic carbocycles. The molecular formula is C14H23N4O4PS. The molecule has 1 aliphatic rings. The molecule has 3 unspecified atom stereocenters. The van der Waals surface area contributed by atoms with Crippen LogP contribution >= 0.6 is 21.4 Å². The van der Waals surface area contributed by atoms with Crippen molar-refractivity contribution in [2.24, 2.45) is 11.5 Å². The van der Waals surface area contributed by atoms with Gasteiger partial charge in [-0.25, -0.2) is 0 Å². The molecule has 0 aliphatic carbocycles. The predicted molar refractivity (Wildman–Crippen MR) is 96.7 cm³/mol. The highest BCUT2D eigenvalue weighted by Gasteiger charge is 2.38. The van der Waals surface area contributed by atoms with Crippen LogP contribution in [0.1, 0.15) is 13.3 Å². The van der Waals surface area contributed by atoms with E-state index in [2.05, 4.69) is 24.5 Å². The van der Waals surface area contributed by atoms with Crippen LogP contribution in [0.3, 0.4) is 0 Å². The number of nitrogens with zero attached hydrogens (tertiary/aromatic N) is 1. The van der Waals surface area contributed by atoms with Gasteiger partial charge in [0.05, 0.1) is 29.8 Å². The van der Waals surface area contributed by atoms with E-state index in [1.54, 1.807) is 6.92 Å². The summed E-state index contributed by atoms with van der Waals surface area (Å²) in [4.78, 5) is 21.9. The minimum atomic E-state index is -0.602. The Bertz CT molecular complexity index is 535. The summed E-state index contributed by atoms with van der Waals surface area (Å²) in [7, 11) is -0.292. The number of hydrogen-bond acceptors (Lipinski definition) is 7. The Balaban J connectivity index is 2.94. The van der Waals surface area contributed by atoms with E-state index in [-0.39, 0.29) is 44.4 Å². The molecule has 1 rings (SSSR count). The average Bonchev–Trinajstić information content (AvgIpc) is 2.89. The number of amides is 1. The van der Waals surface area contributed by atoms with Crippen LogP contribution in [0.4, 0.5) is 0 Å². The first-order valence-electron chi connectivity index (χ1n) is 7.26. The summed E-state index contributed by atoms with van der Waals surface area (Å²) in [5.74, 6) is 4.97. The number of nitrogens with two attached hydrogens (primary N) is 2. The highest BCUT2D eigenvalue weighted by Crippen LogP contribution is 2.30. The lowest BCUT2D eigenvalue weighted by Crippen LogP contribution is -2.31. The van der Waals surface area contributed by atoms with Crippen molar-refractivity contribution in [2.45, 2.75) is 37.2 Å². The molecular weight excluding hydrogens is 351 g/mol. The molecule has 1 fully saturated rings. The minimum Gasteiger partial charge on any atom is -0.383 e. The van der Waals surface area contributed by atoms with E-state index in [1.165, 1.54) is 11.1 Å². The lowest BCUT2D eigenvalue weighted by molar-refractivity contribution is -0.126. The van der Waals surface area contributed by atoms with E-state index < -0.39 is 6.23 Å². The molecule has 8 nitrogen and oxygen atoms in total. The number of carbonyl (C=O) groups is 1. The highest BCUT2D eigenvalue weighted by atomic mass is 32.1. The van der Waals surface area contributed by atoms with Crippen molar-refractivity contribution in [1.29, 1.82) is 5.41 Å². The second kappa shape index (κ2) is 10.7. The Morgan fingerprint density at radius 3 is 2.92 bits per heavy atom. The smallest absolute Gasteiger partial charge is 0.215 e. The fourth-order valence-electron chi connectivity index (χ4n) is 2.20. The molecule has 24 heavy (non-hydrogen) atoms. The molecule has 0 bridgehead atoms. The van der Waals surface area contributed by atoms with Crippen molar-refractivity contribution in [3.05, 3.63) is 11.8 Å². The molecule has 0 aromatic heterocycles. The molecule has 0 spiro atoms. The Morgan fingerprint density at radius 1 is 1.71 bits per heavy atom. The van der Waals surface area contributed by atoms with Crippen LogP contribution < -0.4 is 11.5 Å². The summed E-state index contributed by atoms with van der Waals surface area (Å²) in [6.07, 6.45) is 1.49. The molecule has 134 valence electrons. The SMILES string of the molecule is C[C@H](S)OC1C[C@H](N(C=O)/C=C(/C#CCN)C(=N)N)OC1CPO. The van der Waals surface area contributed by atoms with Crippen molar-refractivity contribution in [3.63, 3.8) is 0 Å². The van der Waals surface area contributed by atoms with Crippen LogP contribution in [0.15, 0.2) is 11.8 Å². The second-order valence-electron chi connectivity index (χ2n) is 5.02. The van der Waals surface area contributed by atoms with Crippen molar-refractivity contribution in [1.82, 2.24) is 4.90 Å². The van der Waals surface area contributed by atoms with Crippen LogP contribution in [0.2, 0.25) is 0 Å². The Labute approximate surface area is 148 Å². The van der Waals surface area contributed by atoms with E-state index in [1.807, 2.05) is 0 Å². The van der Waals surface area contributed by atoms with Gasteiger partial charge in [-0.05, 0) is 6.92 Å². The quantitative estimate of drug-likeness (QED) is 0.0745. The summed E-state index contributed by atoms with van der Waals surface area (Å²) < 4.78 is 11.5. The van der Waals surface area contributed by atoms with Crippen LogP contribution in [-0.2, 0) is 14.3 Å². The maximum Gasteiger partial charge on any atom is 0.215 e. The molecule has 5 atom stereocenters. The lowest BCUT2D eigenvalue weighted by Gasteiger charge is -2.21. The van der Waals surface area contributed by atoms with E-state index in [9.17, 15) is 9.69 Å². The van der Waals surface area contributed by atoms with Gasteiger partial charge in [0.1, 0.15) is 12.1 Å². The first kappa shape index (κ1) is 20.9. The molecule has 6 N–H and O–H groups in total. The second-order valence-corrected chi connectivity index (χ2v) is 6.47. The van der Waals surface area contributed by atoms with E-state index >= 15 is 0 Å². The summed E-state index contributed by atoms with van der Waals surface area (Å²) in [6.45, 7) is 1.89. The van der Waals surface area contributed by atoms with Gasteiger partial charge in [0.15, 0.2) is 0 Å². The Hall–Kier alpha value is -1.14. The minimum absolute atomic E-state index is 0.112. The van der Waals surface area contributed by atoms with Gasteiger partial charge >= 0.3 is 0 Å². The zero-order valence-electron chi connectivity index (χ0n) is 13.3. The molecule has 0 saturated carbocycles. The molecule has 1 heterocycles. The number of thiol groups is 1. The largest absolute Gasteiger partial charge is 0.383 e. The van der Waals surface area contributed by atoms with Crippen molar-refractivity contribution >= 4 is 33.7 Å². The van der Waals surface area contributed by atoms with Crippen molar-refractivity contribution < 1.29 is 19.2 Å². The zero-order valence-corrected chi connectivity index (χ0v) is 15.2. The maximum atomic E-state index is 11.4. The van der Waals surface area contributed by atoms with Gasteiger partial charge in [-0.15, -0.1) is 12.6 Å². The van der Waals surface area contributed by atoms with Crippen LogP contribution in [0, 0.1) is 17.3 Å². The van der Waals surface area contributed by atoms with Crippen LogP contribution in [-0.4, -0.2) is 58.6 Å². The number of ether oxygens (including phenoxy) is 2. The van der Waals surface area contributed by atoms with E-state index in [0.29, 0.717) is 19.0 Å². The van der Waals surface area contributed by atoms with Gasteiger partial charge in [-0.2, -0.15) is 0 Å². The summed E-state index contributed by atoms with van der Waals surface area (Å²) in [6, 6.07) is 0. The molecule has 0 aromatic rings. The fourth-order valence-corrected chi connectivity index (χ4v) is 2.89. The third-order valence-electron chi connectivity index (χ3n) is 3.19.